The van der Waals surface area contributed by atoms with Gasteiger partial charge in [-0.15, -0.1) is 0 Å². The molecule has 0 aromatic heterocycles. The highest BCUT2D eigenvalue weighted by molar-refractivity contribution is 9.10. The summed E-state index contributed by atoms with van der Waals surface area (Å²) in [7, 11) is 0. The van der Waals surface area contributed by atoms with Crippen molar-refractivity contribution in [1.82, 2.24) is 0 Å². The number of rotatable bonds is 1. The maximum absolute atomic E-state index is 10.8. The first kappa shape index (κ1) is 9.21. The summed E-state index contributed by atoms with van der Waals surface area (Å²) in [5, 5.41) is 8.87. The molecule has 1 aromatic rings. The number of carboxylic acids is 1. The molecule has 1 heterocycles. The second kappa shape index (κ2) is 3.42. The van der Waals surface area contributed by atoms with E-state index in [4.69, 9.17) is 5.11 Å². The highest BCUT2D eigenvalue weighted by atomic mass is 79.9. The zero-order valence-electron chi connectivity index (χ0n) is 7.09. The Labute approximate surface area is 89.2 Å². The Morgan fingerprint density at radius 3 is 2.93 bits per heavy atom. The molecule has 1 atom stereocenters. The molecule has 14 heavy (non-hydrogen) atoms. The van der Waals surface area contributed by atoms with Crippen molar-refractivity contribution in [3.8, 4) is 0 Å². The number of carboxylic acid groups (broad SMARTS) is 1. The Morgan fingerprint density at radius 1 is 1.50 bits per heavy atom. The number of aliphatic imine (C=N–C) groups is 1. The van der Waals surface area contributed by atoms with Crippen LogP contribution >= 0.6 is 16.1 Å². The van der Waals surface area contributed by atoms with Crippen LogP contribution in [-0.2, 0) is 4.79 Å². The molecule has 0 aliphatic carbocycles. The molecule has 0 fully saturated rings. The Kier molecular flexibility index (Phi) is 2.25. The molecular weight excluding hydrogens is 248 g/mol. The number of benzene rings is 1. The van der Waals surface area contributed by atoms with Gasteiger partial charge < -0.3 is 5.11 Å². The third-order valence-corrected chi connectivity index (χ3v) is 2.79. The summed E-state index contributed by atoms with van der Waals surface area (Å²) in [5.74, 6) is -0.930. The molecule has 72 valence electrons. The smallest absolute Gasteiger partial charge is 0.332 e. The molecule has 0 saturated carbocycles. The van der Waals surface area contributed by atoms with E-state index in [1.165, 1.54) is 10.1 Å². The summed E-state index contributed by atoms with van der Waals surface area (Å²) in [6, 6.07) is 6.60. The van der Waals surface area contributed by atoms with Crippen LogP contribution in [0.3, 0.4) is 0 Å². The Hall–Kier alpha value is -1.36. The number of aliphatic carboxylic acids is 1. The molecule has 4 nitrogen and oxygen atoms in total. The van der Waals surface area contributed by atoms with Gasteiger partial charge in [-0.2, -0.15) is 0 Å². The maximum Gasteiger partial charge on any atom is 0.332 e. The molecule has 5 heteroatoms. The summed E-state index contributed by atoms with van der Waals surface area (Å²) in [5.41, 5.74) is 1.53. The van der Waals surface area contributed by atoms with Crippen molar-refractivity contribution in [2.24, 2.45) is 4.99 Å². The van der Waals surface area contributed by atoms with Crippen LogP contribution in [0, 0.1) is 0 Å². The molecule has 1 aliphatic heterocycles. The second-order valence-electron chi connectivity index (χ2n) is 2.86. The van der Waals surface area contributed by atoms with Crippen LogP contribution in [0.15, 0.2) is 29.3 Å². The topological polar surface area (TPSA) is 52.9 Å². The predicted octanol–water partition coefficient (Wildman–Crippen LogP) is 1.97. The zero-order valence-corrected chi connectivity index (χ0v) is 8.68. The largest absolute Gasteiger partial charge is 0.479 e. The van der Waals surface area contributed by atoms with E-state index in [1.54, 1.807) is 0 Å². The van der Waals surface area contributed by atoms with E-state index in [9.17, 15) is 4.79 Å². The number of hydrogen-bond donors (Lipinski definition) is 1. The number of anilines is 1. The van der Waals surface area contributed by atoms with Gasteiger partial charge >= 0.3 is 5.97 Å². The average Bonchev–Trinajstić information content (AvgIpc) is 2.18. The van der Waals surface area contributed by atoms with Crippen LogP contribution in [-0.4, -0.2) is 23.3 Å². The fourth-order valence-electron chi connectivity index (χ4n) is 1.27. The Balaban J connectivity index is 2.44. The molecule has 1 aromatic carbocycles. The first-order valence-electron chi connectivity index (χ1n) is 4.01. The molecule has 0 radical (unpaired) electrons. The molecule has 1 aliphatic rings. The second-order valence-corrected chi connectivity index (χ2v) is 3.63. The van der Waals surface area contributed by atoms with Crippen molar-refractivity contribution >= 4 is 39.7 Å². The standard InChI is InChI=1S/C9H7BrN2O2/c10-12-7-4-2-1-3-6(7)11-5-8(12)9(13)14/h1-5,8H,(H,13,14). The molecule has 1 unspecified atom stereocenters. The minimum Gasteiger partial charge on any atom is -0.479 e. The fourth-order valence-corrected chi connectivity index (χ4v) is 1.85. The van der Waals surface area contributed by atoms with Crippen LogP contribution in [0.1, 0.15) is 0 Å². The first-order valence-corrected chi connectivity index (χ1v) is 4.72. The van der Waals surface area contributed by atoms with Gasteiger partial charge in [-0.1, -0.05) is 12.1 Å². The van der Waals surface area contributed by atoms with Crippen LogP contribution in [0.25, 0.3) is 0 Å². The average molecular weight is 255 g/mol. The third-order valence-electron chi connectivity index (χ3n) is 1.96. The van der Waals surface area contributed by atoms with Gasteiger partial charge in [0.05, 0.1) is 27.5 Å². The van der Waals surface area contributed by atoms with Gasteiger partial charge in [-0.3, -0.25) is 8.92 Å². The summed E-state index contributed by atoms with van der Waals surface area (Å²) >= 11 is 3.22. The molecule has 0 spiro atoms. The SMILES string of the molecule is O=C(O)C1C=Nc2ccccc2N1Br. The van der Waals surface area contributed by atoms with Crippen LogP contribution in [0.4, 0.5) is 11.4 Å². The van der Waals surface area contributed by atoms with Gasteiger partial charge in [0.2, 0.25) is 0 Å². The lowest BCUT2D eigenvalue weighted by atomic mass is 10.2. The number of hydrogen-bond acceptors (Lipinski definition) is 3. The third kappa shape index (κ3) is 1.39. The summed E-state index contributed by atoms with van der Waals surface area (Å²) in [4.78, 5) is 14.9. The van der Waals surface area contributed by atoms with Gasteiger partial charge in [-0.05, 0) is 12.1 Å². The molecular formula is C9H7BrN2O2. The lowest BCUT2D eigenvalue weighted by Crippen LogP contribution is -2.37. The van der Waals surface area contributed by atoms with Crippen LogP contribution < -0.4 is 3.93 Å². The summed E-state index contributed by atoms with van der Waals surface area (Å²) in [6.45, 7) is 0. The molecule has 0 amide bonds. The lowest BCUT2D eigenvalue weighted by molar-refractivity contribution is -0.136. The van der Waals surface area contributed by atoms with E-state index in [0.717, 1.165) is 11.4 Å². The fraction of sp³-hybridized carbons (Fsp3) is 0.111. The minimum absolute atomic E-state index is 0.745. The van der Waals surface area contributed by atoms with E-state index in [2.05, 4.69) is 21.1 Å². The normalized spacial score (nSPS) is 19.2. The van der Waals surface area contributed by atoms with Crippen molar-refractivity contribution in [2.45, 2.75) is 6.04 Å². The monoisotopic (exact) mass is 254 g/mol. The van der Waals surface area contributed by atoms with Crippen LogP contribution in [0.5, 0.6) is 0 Å². The van der Waals surface area contributed by atoms with Crippen molar-refractivity contribution in [1.29, 1.82) is 0 Å². The zero-order chi connectivity index (χ0) is 10.1. The van der Waals surface area contributed by atoms with E-state index < -0.39 is 12.0 Å². The number of para-hydroxylation sites is 2. The highest BCUT2D eigenvalue weighted by Gasteiger charge is 2.27. The lowest BCUT2D eigenvalue weighted by Gasteiger charge is -2.25. The maximum atomic E-state index is 10.8. The summed E-state index contributed by atoms with van der Waals surface area (Å²) in [6.07, 6.45) is 1.40. The molecule has 0 saturated heterocycles. The molecule has 1 N–H and O–H groups in total. The number of fused-ring (bicyclic) bond motifs is 1. The van der Waals surface area contributed by atoms with E-state index in [0.29, 0.717) is 0 Å². The van der Waals surface area contributed by atoms with Crippen molar-refractivity contribution in [3.63, 3.8) is 0 Å². The predicted molar refractivity (Wildman–Crippen MR) is 57.4 cm³/mol. The quantitative estimate of drug-likeness (QED) is 0.780. The Bertz CT molecular complexity index is 406. The summed E-state index contributed by atoms with van der Waals surface area (Å²) < 4.78 is 1.51. The number of nitrogens with zero attached hydrogens (tertiary/aromatic N) is 2. The minimum atomic E-state index is -0.930. The van der Waals surface area contributed by atoms with Crippen molar-refractivity contribution < 1.29 is 9.90 Å². The number of carbonyl (C=O) groups is 1. The van der Waals surface area contributed by atoms with E-state index in [1.807, 2.05) is 24.3 Å². The first-order chi connectivity index (χ1) is 6.70. The van der Waals surface area contributed by atoms with Gasteiger partial charge in [0.25, 0.3) is 0 Å². The Morgan fingerprint density at radius 2 is 2.21 bits per heavy atom. The van der Waals surface area contributed by atoms with E-state index in [-0.39, 0.29) is 0 Å². The van der Waals surface area contributed by atoms with Gasteiger partial charge in [-0.25, -0.2) is 4.79 Å². The van der Waals surface area contributed by atoms with Crippen LogP contribution in [0.2, 0.25) is 0 Å². The van der Waals surface area contributed by atoms with Gasteiger partial charge in [0.1, 0.15) is 0 Å². The molecule has 0 bridgehead atoms. The van der Waals surface area contributed by atoms with Crippen molar-refractivity contribution in [2.75, 3.05) is 3.93 Å². The highest BCUT2D eigenvalue weighted by Crippen LogP contribution is 2.34. The van der Waals surface area contributed by atoms with Gasteiger partial charge in [0.15, 0.2) is 6.04 Å². The van der Waals surface area contributed by atoms with E-state index >= 15 is 0 Å². The molecule has 2 rings (SSSR count). The van der Waals surface area contributed by atoms with Gasteiger partial charge in [0, 0.05) is 6.21 Å². The van der Waals surface area contributed by atoms with Crippen molar-refractivity contribution in [3.05, 3.63) is 24.3 Å². The number of halogens is 1.